The number of likely N-dealkylation sites (N-methyl/N-ethyl adjacent to an activating group) is 1. The Labute approximate surface area is 146 Å². The van der Waals surface area contributed by atoms with E-state index in [1.807, 2.05) is 26.5 Å². The molecule has 0 spiro atoms. The molecule has 3 heterocycles. The fourth-order valence-corrected chi connectivity index (χ4v) is 3.59. The van der Waals surface area contributed by atoms with E-state index in [0.29, 0.717) is 25.4 Å². The zero-order chi connectivity index (χ0) is 17.4. The highest BCUT2D eigenvalue weighted by atomic mass is 19.1. The van der Waals surface area contributed by atoms with E-state index < -0.39 is 6.17 Å². The first kappa shape index (κ1) is 16.7. The van der Waals surface area contributed by atoms with E-state index in [1.165, 1.54) is 0 Å². The van der Waals surface area contributed by atoms with Crippen molar-refractivity contribution in [2.75, 3.05) is 20.1 Å². The Morgan fingerprint density at radius 2 is 2.24 bits per heavy atom. The average molecular weight is 348 g/mol. The largest absolute Gasteiger partial charge is 0.339 e. The van der Waals surface area contributed by atoms with Crippen LogP contribution in [0.3, 0.4) is 0 Å². The van der Waals surface area contributed by atoms with Gasteiger partial charge in [0, 0.05) is 50.4 Å². The lowest BCUT2D eigenvalue weighted by Crippen LogP contribution is -2.38. The zero-order valence-electron chi connectivity index (χ0n) is 14.8. The number of halogens is 1. The lowest BCUT2D eigenvalue weighted by atomic mass is 10.2. The molecule has 2 atom stereocenters. The maximum Gasteiger partial charge on any atom is 0.229 e. The van der Waals surface area contributed by atoms with Gasteiger partial charge in [-0.05, 0) is 26.3 Å². The van der Waals surface area contributed by atoms with Crippen molar-refractivity contribution < 1.29 is 8.91 Å². The summed E-state index contributed by atoms with van der Waals surface area (Å²) >= 11 is 0. The molecule has 0 radical (unpaired) electrons. The smallest absolute Gasteiger partial charge is 0.229 e. The molecule has 4 rings (SSSR count). The molecular formula is C17H25FN6O. The molecule has 2 aromatic rings. The molecular weight excluding hydrogens is 323 g/mol. The van der Waals surface area contributed by atoms with E-state index in [0.717, 1.165) is 43.2 Å². The normalized spacial score (nSPS) is 24.5. The number of aromatic nitrogens is 4. The summed E-state index contributed by atoms with van der Waals surface area (Å²) in [5.41, 5.74) is 1.12. The Hall–Kier alpha value is -1.80. The van der Waals surface area contributed by atoms with Crippen molar-refractivity contribution in [3.8, 4) is 0 Å². The maximum atomic E-state index is 14.0. The Morgan fingerprint density at radius 3 is 2.96 bits per heavy atom. The van der Waals surface area contributed by atoms with E-state index in [9.17, 15) is 4.39 Å². The van der Waals surface area contributed by atoms with E-state index in [2.05, 4.69) is 25.0 Å². The fourth-order valence-electron chi connectivity index (χ4n) is 3.59. The van der Waals surface area contributed by atoms with Gasteiger partial charge < -0.3 is 4.52 Å². The van der Waals surface area contributed by atoms with Gasteiger partial charge in [-0.25, -0.2) is 4.39 Å². The summed E-state index contributed by atoms with van der Waals surface area (Å²) in [6.07, 6.45) is 5.96. The van der Waals surface area contributed by atoms with Crippen molar-refractivity contribution >= 4 is 0 Å². The Kier molecular flexibility index (Phi) is 4.56. The molecule has 136 valence electrons. The second-order valence-corrected chi connectivity index (χ2v) is 7.46. The number of aryl methyl sites for hydroxylation is 1. The molecule has 0 amide bonds. The standard InChI is InChI=1S/C17H25FN6O/c1-22(11-16-20-17(25-21-16)13-3-4-13)10-15-5-14(18)9-24(15)8-12-6-19-23(2)7-12/h6-7,13-15H,3-5,8-11H2,1-2H3/t14-,15-/m0/s1. The first-order valence-electron chi connectivity index (χ1n) is 8.93. The molecule has 7 nitrogen and oxygen atoms in total. The van der Waals surface area contributed by atoms with Crippen LogP contribution in [0.2, 0.25) is 0 Å². The Balaban J connectivity index is 1.33. The van der Waals surface area contributed by atoms with Crippen molar-refractivity contribution in [1.82, 2.24) is 29.7 Å². The van der Waals surface area contributed by atoms with E-state index in [-0.39, 0.29) is 6.04 Å². The molecule has 25 heavy (non-hydrogen) atoms. The molecule has 1 aliphatic carbocycles. The minimum atomic E-state index is -0.762. The Morgan fingerprint density at radius 1 is 1.40 bits per heavy atom. The first-order valence-corrected chi connectivity index (χ1v) is 8.93. The van der Waals surface area contributed by atoms with Crippen LogP contribution in [0.15, 0.2) is 16.9 Å². The maximum absolute atomic E-state index is 14.0. The van der Waals surface area contributed by atoms with Gasteiger partial charge in [0.1, 0.15) is 6.17 Å². The van der Waals surface area contributed by atoms with Crippen LogP contribution in [0.5, 0.6) is 0 Å². The molecule has 1 saturated heterocycles. The SMILES string of the molecule is CN(Cc1noc(C2CC2)n1)C[C@@H]1C[C@H](F)CN1Cc1cnn(C)c1. The summed E-state index contributed by atoms with van der Waals surface area (Å²) < 4.78 is 21.1. The summed E-state index contributed by atoms with van der Waals surface area (Å²) in [5, 5.41) is 8.27. The fraction of sp³-hybridized carbons (Fsp3) is 0.706. The van der Waals surface area contributed by atoms with Gasteiger partial charge in [-0.2, -0.15) is 10.1 Å². The highest BCUT2D eigenvalue weighted by Gasteiger charge is 2.33. The third-order valence-corrected chi connectivity index (χ3v) is 4.97. The second-order valence-electron chi connectivity index (χ2n) is 7.46. The van der Waals surface area contributed by atoms with Crippen molar-refractivity contribution in [2.24, 2.45) is 7.05 Å². The topological polar surface area (TPSA) is 63.2 Å². The van der Waals surface area contributed by atoms with Crippen LogP contribution in [-0.2, 0) is 20.1 Å². The van der Waals surface area contributed by atoms with E-state index >= 15 is 0 Å². The monoisotopic (exact) mass is 348 g/mol. The minimum Gasteiger partial charge on any atom is -0.339 e. The summed E-state index contributed by atoms with van der Waals surface area (Å²) in [4.78, 5) is 8.84. The average Bonchev–Trinajstić information content (AvgIpc) is 3.02. The van der Waals surface area contributed by atoms with Gasteiger partial charge in [-0.3, -0.25) is 14.5 Å². The lowest BCUT2D eigenvalue weighted by molar-refractivity contribution is 0.178. The quantitative estimate of drug-likeness (QED) is 0.759. The number of nitrogens with zero attached hydrogens (tertiary/aromatic N) is 6. The molecule has 0 unspecified atom stereocenters. The minimum absolute atomic E-state index is 0.190. The molecule has 2 aliphatic rings. The van der Waals surface area contributed by atoms with Crippen LogP contribution in [0.25, 0.3) is 0 Å². The molecule has 0 N–H and O–H groups in total. The highest BCUT2D eigenvalue weighted by Crippen LogP contribution is 2.38. The zero-order valence-corrected chi connectivity index (χ0v) is 14.8. The summed E-state index contributed by atoms with van der Waals surface area (Å²) in [6, 6.07) is 0.190. The van der Waals surface area contributed by atoms with Crippen molar-refractivity contribution in [3.05, 3.63) is 29.7 Å². The molecule has 1 aliphatic heterocycles. The number of hydrogen-bond acceptors (Lipinski definition) is 6. The van der Waals surface area contributed by atoms with Gasteiger partial charge in [0.15, 0.2) is 5.82 Å². The van der Waals surface area contributed by atoms with E-state index in [4.69, 9.17) is 4.52 Å². The van der Waals surface area contributed by atoms with Crippen LogP contribution in [0, 0.1) is 0 Å². The van der Waals surface area contributed by atoms with Crippen molar-refractivity contribution in [3.63, 3.8) is 0 Å². The van der Waals surface area contributed by atoms with Gasteiger partial charge >= 0.3 is 0 Å². The number of rotatable bonds is 7. The number of likely N-dealkylation sites (tertiary alicyclic amines) is 1. The van der Waals surface area contributed by atoms with Crippen LogP contribution in [-0.4, -0.2) is 62.1 Å². The van der Waals surface area contributed by atoms with Gasteiger partial charge in [-0.1, -0.05) is 5.16 Å². The van der Waals surface area contributed by atoms with Crippen molar-refractivity contribution in [1.29, 1.82) is 0 Å². The van der Waals surface area contributed by atoms with Gasteiger partial charge in [-0.15, -0.1) is 0 Å². The van der Waals surface area contributed by atoms with Crippen LogP contribution in [0.4, 0.5) is 4.39 Å². The van der Waals surface area contributed by atoms with Crippen molar-refractivity contribution in [2.45, 2.75) is 50.5 Å². The molecule has 0 bridgehead atoms. The second kappa shape index (κ2) is 6.84. The molecule has 8 heteroatoms. The highest BCUT2D eigenvalue weighted by molar-refractivity contribution is 5.05. The third kappa shape index (κ3) is 4.07. The Bertz CT molecular complexity index is 712. The number of alkyl halides is 1. The van der Waals surface area contributed by atoms with Gasteiger partial charge in [0.05, 0.1) is 12.7 Å². The predicted molar refractivity (Wildman–Crippen MR) is 89.5 cm³/mol. The van der Waals surface area contributed by atoms with Crippen LogP contribution >= 0.6 is 0 Å². The van der Waals surface area contributed by atoms with E-state index in [1.54, 1.807) is 4.68 Å². The summed E-state index contributed by atoms with van der Waals surface area (Å²) in [7, 11) is 3.93. The molecule has 2 fully saturated rings. The number of hydrogen-bond donors (Lipinski definition) is 0. The van der Waals surface area contributed by atoms with Crippen LogP contribution < -0.4 is 0 Å². The first-order chi connectivity index (χ1) is 12.1. The summed E-state index contributed by atoms with van der Waals surface area (Å²) in [5.74, 6) is 1.97. The molecule has 0 aromatic carbocycles. The van der Waals surface area contributed by atoms with Crippen LogP contribution in [0.1, 0.15) is 42.5 Å². The van der Waals surface area contributed by atoms with Gasteiger partial charge in [0.2, 0.25) is 5.89 Å². The summed E-state index contributed by atoms with van der Waals surface area (Å²) in [6.45, 7) is 2.64. The molecule has 2 aromatic heterocycles. The van der Waals surface area contributed by atoms with Gasteiger partial charge in [0.25, 0.3) is 0 Å². The lowest BCUT2D eigenvalue weighted by Gasteiger charge is -2.27. The molecule has 1 saturated carbocycles. The predicted octanol–water partition coefficient (Wildman–Crippen LogP) is 1.72. The third-order valence-electron chi connectivity index (χ3n) is 4.97.